The molecule has 0 saturated carbocycles. The molecule has 0 aliphatic rings. The summed E-state index contributed by atoms with van der Waals surface area (Å²) in [5.74, 6) is 0. The van der Waals surface area contributed by atoms with Crippen LogP contribution in [0.25, 0.3) is 10.8 Å². The third kappa shape index (κ3) is 1.36. The van der Waals surface area contributed by atoms with Gasteiger partial charge in [-0.05, 0) is 16.8 Å². The minimum Gasteiger partial charge on any atom is -0.258 e. The second kappa shape index (κ2) is 2.86. The van der Waals surface area contributed by atoms with E-state index in [1.807, 2.05) is 24.3 Å². The lowest BCUT2D eigenvalue weighted by Gasteiger charge is -1.95. The van der Waals surface area contributed by atoms with Gasteiger partial charge in [0.2, 0.25) is 0 Å². The first-order chi connectivity index (χ1) is 6.27. The number of benzene rings is 2. The Morgan fingerprint density at radius 1 is 1.15 bits per heavy atom. The maximum Gasteiger partial charge on any atom is 0.278 e. The predicted octanol–water partition coefficient (Wildman–Crippen LogP) is 2.55. The van der Waals surface area contributed by atoms with Crippen LogP contribution < -0.4 is 0 Å². The molecule has 3 heteroatoms. The molecule has 0 unspecified atom stereocenters. The van der Waals surface area contributed by atoms with E-state index in [4.69, 9.17) is 0 Å². The van der Waals surface area contributed by atoms with Crippen LogP contribution in [-0.2, 0) is 0 Å². The zero-order valence-electron chi connectivity index (χ0n) is 6.73. The van der Waals surface area contributed by atoms with Crippen molar-refractivity contribution in [1.29, 1.82) is 0 Å². The number of hydrogen-bond donors (Lipinski definition) is 0. The van der Waals surface area contributed by atoms with E-state index >= 15 is 0 Å². The van der Waals surface area contributed by atoms with Gasteiger partial charge in [0.05, 0.1) is 11.0 Å². The van der Waals surface area contributed by atoms with Gasteiger partial charge in [-0.2, -0.15) is 0 Å². The van der Waals surface area contributed by atoms with Crippen molar-refractivity contribution in [2.45, 2.75) is 0 Å². The molecule has 0 amide bonds. The van der Waals surface area contributed by atoms with Crippen molar-refractivity contribution in [1.82, 2.24) is 0 Å². The maximum absolute atomic E-state index is 10.4. The molecule has 0 N–H and O–H groups in total. The zero-order valence-corrected chi connectivity index (χ0v) is 6.73. The summed E-state index contributed by atoms with van der Waals surface area (Å²) in [4.78, 5) is 9.98. The third-order valence-electron chi connectivity index (χ3n) is 1.84. The average Bonchev–Trinajstić information content (AvgIpc) is 2.17. The Hall–Kier alpha value is -1.90. The van der Waals surface area contributed by atoms with Crippen molar-refractivity contribution in [3.63, 3.8) is 0 Å². The highest BCUT2D eigenvalue weighted by atomic mass is 16.6. The van der Waals surface area contributed by atoms with Gasteiger partial charge in [-0.3, -0.25) is 10.1 Å². The van der Waals surface area contributed by atoms with Crippen LogP contribution in [0, 0.1) is 16.2 Å². The second-order valence-electron chi connectivity index (χ2n) is 2.69. The molecule has 2 aromatic carbocycles. The molecule has 0 aliphatic heterocycles. The summed E-state index contributed by atoms with van der Waals surface area (Å²) in [5, 5.41) is 12.2. The average molecular weight is 172 g/mol. The van der Waals surface area contributed by atoms with E-state index in [1.54, 1.807) is 6.07 Å². The van der Waals surface area contributed by atoms with E-state index in [-0.39, 0.29) is 5.69 Å². The fourth-order valence-corrected chi connectivity index (χ4v) is 1.21. The maximum atomic E-state index is 10.4. The first-order valence-corrected chi connectivity index (χ1v) is 3.83. The summed E-state index contributed by atoms with van der Waals surface area (Å²) < 4.78 is 0. The van der Waals surface area contributed by atoms with E-state index in [0.29, 0.717) is 0 Å². The van der Waals surface area contributed by atoms with Gasteiger partial charge < -0.3 is 0 Å². The SMILES string of the molecule is O=[N+]([O-])c1[c]c2ccccc2cc1. The molecule has 2 aromatic rings. The normalized spacial score (nSPS) is 10.2. The largest absolute Gasteiger partial charge is 0.278 e. The first kappa shape index (κ1) is 7.73. The van der Waals surface area contributed by atoms with Gasteiger partial charge in [0.25, 0.3) is 5.69 Å². The van der Waals surface area contributed by atoms with Gasteiger partial charge >= 0.3 is 0 Å². The minimum atomic E-state index is -0.438. The smallest absolute Gasteiger partial charge is 0.258 e. The summed E-state index contributed by atoms with van der Waals surface area (Å²) >= 11 is 0. The van der Waals surface area contributed by atoms with Crippen LogP contribution in [0.15, 0.2) is 36.4 Å². The highest BCUT2D eigenvalue weighted by Crippen LogP contribution is 2.18. The standard InChI is InChI=1S/C10H6NO2/c12-11(13)10-6-5-8-3-1-2-4-9(8)7-10/h1-6H. The molecule has 0 spiro atoms. The molecule has 0 saturated heterocycles. The number of rotatable bonds is 1. The van der Waals surface area contributed by atoms with E-state index < -0.39 is 4.92 Å². The Bertz CT molecular complexity index is 465. The monoisotopic (exact) mass is 172 g/mol. The Morgan fingerprint density at radius 3 is 2.69 bits per heavy atom. The molecule has 2 rings (SSSR count). The number of hydrogen-bond acceptors (Lipinski definition) is 2. The number of fused-ring (bicyclic) bond motifs is 1. The summed E-state index contributed by atoms with van der Waals surface area (Å²) in [7, 11) is 0. The van der Waals surface area contributed by atoms with E-state index in [2.05, 4.69) is 6.07 Å². The summed E-state index contributed by atoms with van der Waals surface area (Å²) in [6.07, 6.45) is 0. The topological polar surface area (TPSA) is 43.1 Å². The number of nitro benzene ring substituents is 1. The Balaban J connectivity index is 2.69. The van der Waals surface area contributed by atoms with Crippen LogP contribution in [0.1, 0.15) is 0 Å². The molecule has 0 bridgehead atoms. The van der Waals surface area contributed by atoms with Crippen LogP contribution in [0.3, 0.4) is 0 Å². The molecule has 0 heterocycles. The summed E-state index contributed by atoms with van der Waals surface area (Å²) in [6.45, 7) is 0. The summed E-state index contributed by atoms with van der Waals surface area (Å²) in [6, 6.07) is 13.3. The molecule has 63 valence electrons. The molecule has 1 radical (unpaired) electrons. The minimum absolute atomic E-state index is 0.0127. The molecule has 0 aromatic heterocycles. The number of nitro groups is 1. The van der Waals surface area contributed by atoms with Crippen LogP contribution in [-0.4, -0.2) is 4.92 Å². The second-order valence-corrected chi connectivity index (χ2v) is 2.69. The van der Waals surface area contributed by atoms with E-state index in [0.717, 1.165) is 10.8 Å². The zero-order chi connectivity index (χ0) is 9.26. The first-order valence-electron chi connectivity index (χ1n) is 3.83. The molecule has 13 heavy (non-hydrogen) atoms. The fraction of sp³-hybridized carbons (Fsp3) is 0. The predicted molar refractivity (Wildman–Crippen MR) is 49.4 cm³/mol. The van der Waals surface area contributed by atoms with Crippen molar-refractivity contribution < 1.29 is 4.92 Å². The molecule has 3 nitrogen and oxygen atoms in total. The van der Waals surface area contributed by atoms with E-state index in [9.17, 15) is 10.1 Å². The molecule has 0 fully saturated rings. The number of non-ortho nitro benzene ring substituents is 1. The van der Waals surface area contributed by atoms with Crippen LogP contribution >= 0.6 is 0 Å². The van der Waals surface area contributed by atoms with Crippen LogP contribution in [0.5, 0.6) is 0 Å². The van der Waals surface area contributed by atoms with Crippen LogP contribution in [0.4, 0.5) is 5.69 Å². The summed E-state index contributed by atoms with van der Waals surface area (Å²) in [5.41, 5.74) is 0.0127. The van der Waals surface area contributed by atoms with Gasteiger partial charge in [0, 0.05) is 6.07 Å². The lowest BCUT2D eigenvalue weighted by atomic mass is 10.1. The van der Waals surface area contributed by atoms with Crippen LogP contribution in [0.2, 0.25) is 0 Å². The van der Waals surface area contributed by atoms with Crippen molar-refractivity contribution in [2.75, 3.05) is 0 Å². The lowest BCUT2D eigenvalue weighted by molar-refractivity contribution is -0.385. The van der Waals surface area contributed by atoms with Gasteiger partial charge in [0.1, 0.15) is 0 Å². The van der Waals surface area contributed by atoms with Crippen molar-refractivity contribution in [3.8, 4) is 0 Å². The van der Waals surface area contributed by atoms with Crippen molar-refractivity contribution in [3.05, 3.63) is 52.6 Å². The Kier molecular flexibility index (Phi) is 1.70. The van der Waals surface area contributed by atoms with E-state index in [1.165, 1.54) is 6.07 Å². The number of nitrogens with zero attached hydrogens (tertiary/aromatic N) is 1. The van der Waals surface area contributed by atoms with Crippen molar-refractivity contribution in [2.24, 2.45) is 0 Å². The molecular weight excluding hydrogens is 166 g/mol. The molecular formula is C10H6NO2. The molecule has 0 atom stereocenters. The Labute approximate surface area is 74.8 Å². The fourth-order valence-electron chi connectivity index (χ4n) is 1.21. The highest BCUT2D eigenvalue weighted by molar-refractivity contribution is 5.83. The lowest BCUT2D eigenvalue weighted by Crippen LogP contribution is -1.87. The molecule has 0 aliphatic carbocycles. The Morgan fingerprint density at radius 2 is 1.92 bits per heavy atom. The third-order valence-corrected chi connectivity index (χ3v) is 1.84. The van der Waals surface area contributed by atoms with Crippen molar-refractivity contribution >= 4 is 16.5 Å². The van der Waals surface area contributed by atoms with Gasteiger partial charge in [-0.25, -0.2) is 0 Å². The highest BCUT2D eigenvalue weighted by Gasteiger charge is 2.05. The van der Waals surface area contributed by atoms with Gasteiger partial charge in [-0.1, -0.05) is 24.3 Å². The quantitative estimate of drug-likeness (QED) is 0.490. The van der Waals surface area contributed by atoms with Gasteiger partial charge in [-0.15, -0.1) is 0 Å². The van der Waals surface area contributed by atoms with Gasteiger partial charge in [0.15, 0.2) is 0 Å².